The lowest BCUT2D eigenvalue weighted by Gasteiger charge is -2.39. The number of piperidine rings is 1. The van der Waals surface area contributed by atoms with Crippen molar-refractivity contribution in [2.45, 2.75) is 37.5 Å². The number of amides is 1. The van der Waals surface area contributed by atoms with E-state index < -0.39 is 11.2 Å². The number of hydrogen-bond acceptors (Lipinski definition) is 8. The van der Waals surface area contributed by atoms with Crippen molar-refractivity contribution in [3.05, 3.63) is 39.4 Å². The van der Waals surface area contributed by atoms with Crippen LogP contribution in [0.3, 0.4) is 0 Å². The second-order valence-corrected chi connectivity index (χ2v) is 10.6. The molecule has 204 valence electrons. The minimum atomic E-state index is -1.04. The topological polar surface area (TPSA) is 102 Å². The average Bonchev–Trinajstić information content (AvgIpc) is 3.10. The molecular formula is C27H35FN6O4. The summed E-state index contributed by atoms with van der Waals surface area (Å²) in [6.07, 6.45) is 3.27. The molecule has 1 amide bonds. The van der Waals surface area contributed by atoms with Crippen LogP contribution in [0, 0.1) is 5.82 Å². The van der Waals surface area contributed by atoms with Gasteiger partial charge in [-0.15, -0.1) is 0 Å². The third kappa shape index (κ3) is 4.53. The predicted octanol–water partition coefficient (Wildman–Crippen LogP) is 1.71. The molecular weight excluding hydrogens is 491 g/mol. The maximum absolute atomic E-state index is 15.7. The van der Waals surface area contributed by atoms with Crippen molar-refractivity contribution < 1.29 is 18.7 Å². The number of anilines is 3. The maximum atomic E-state index is 15.7. The van der Waals surface area contributed by atoms with Gasteiger partial charge in [-0.05, 0) is 39.8 Å². The van der Waals surface area contributed by atoms with E-state index in [0.717, 1.165) is 19.3 Å². The van der Waals surface area contributed by atoms with E-state index in [1.807, 2.05) is 35.8 Å². The van der Waals surface area contributed by atoms with Crippen LogP contribution in [0.1, 0.15) is 36.8 Å². The van der Waals surface area contributed by atoms with Crippen LogP contribution in [0.25, 0.3) is 0 Å². The average molecular weight is 527 g/mol. The Bertz CT molecular complexity index is 1290. The number of fused-ring (bicyclic) bond motifs is 3. The molecule has 1 saturated heterocycles. The summed E-state index contributed by atoms with van der Waals surface area (Å²) in [5.74, 6) is 0.877. The van der Waals surface area contributed by atoms with E-state index in [-0.39, 0.29) is 24.4 Å². The number of aromatic amines is 1. The fourth-order valence-electron chi connectivity index (χ4n) is 5.89. The number of H-pyrrole nitrogens is 1. The first-order valence-corrected chi connectivity index (χ1v) is 13.2. The van der Waals surface area contributed by atoms with Gasteiger partial charge < -0.3 is 29.1 Å². The quantitative estimate of drug-likeness (QED) is 0.519. The first-order chi connectivity index (χ1) is 18.2. The molecule has 0 atom stereocenters. The first kappa shape index (κ1) is 26.1. The van der Waals surface area contributed by atoms with Gasteiger partial charge in [0.2, 0.25) is 11.9 Å². The number of likely N-dealkylation sites (N-methyl/N-ethyl adjacent to an activating group) is 1. The van der Waals surface area contributed by atoms with Crippen LogP contribution in [-0.4, -0.2) is 87.5 Å². The second-order valence-electron chi connectivity index (χ2n) is 10.6. The van der Waals surface area contributed by atoms with Crippen LogP contribution in [0.5, 0.6) is 5.75 Å². The van der Waals surface area contributed by atoms with E-state index in [4.69, 9.17) is 9.72 Å². The molecule has 38 heavy (non-hydrogen) atoms. The Morgan fingerprint density at radius 1 is 1.21 bits per heavy atom. The summed E-state index contributed by atoms with van der Waals surface area (Å²) in [5.41, 5.74) is 0.387. The molecule has 0 radical (unpaired) electrons. The minimum Gasteiger partial charge on any atom is -0.492 e. The molecule has 1 N–H and O–H groups in total. The minimum absolute atomic E-state index is 0.132. The summed E-state index contributed by atoms with van der Waals surface area (Å²) >= 11 is 0. The Balaban J connectivity index is 1.43. The van der Waals surface area contributed by atoms with Crippen LogP contribution in [0.4, 0.5) is 21.8 Å². The Kier molecular flexibility index (Phi) is 7.13. The Morgan fingerprint density at radius 3 is 2.68 bits per heavy atom. The van der Waals surface area contributed by atoms with Crippen LogP contribution in [-0.2, 0) is 21.4 Å². The van der Waals surface area contributed by atoms with E-state index in [9.17, 15) is 14.4 Å². The molecule has 10 nitrogen and oxygen atoms in total. The van der Waals surface area contributed by atoms with E-state index in [0.29, 0.717) is 79.8 Å². The molecule has 11 heteroatoms. The van der Waals surface area contributed by atoms with Crippen LogP contribution >= 0.6 is 0 Å². The van der Waals surface area contributed by atoms with Gasteiger partial charge in [-0.3, -0.25) is 14.6 Å². The van der Waals surface area contributed by atoms with Crippen LogP contribution in [0.15, 0.2) is 16.9 Å². The van der Waals surface area contributed by atoms with Crippen LogP contribution < -0.4 is 25.0 Å². The Labute approximate surface area is 221 Å². The lowest BCUT2D eigenvalue weighted by molar-refractivity contribution is -0.124. The number of ether oxygens (including phenoxy) is 1. The van der Waals surface area contributed by atoms with Gasteiger partial charge in [-0.1, -0.05) is 0 Å². The van der Waals surface area contributed by atoms with Crippen molar-refractivity contribution in [2.24, 2.45) is 0 Å². The third-order valence-electron chi connectivity index (χ3n) is 7.92. The highest BCUT2D eigenvalue weighted by Gasteiger charge is 2.54. The molecule has 0 bridgehead atoms. The Morgan fingerprint density at radius 2 is 1.97 bits per heavy atom. The van der Waals surface area contributed by atoms with Crippen LogP contribution in [0.2, 0.25) is 0 Å². The molecule has 3 aliphatic heterocycles. The Hall–Kier alpha value is -3.47. The number of carbonyl (C=O) groups excluding carboxylic acids is 2. The van der Waals surface area contributed by atoms with Crippen molar-refractivity contribution >= 4 is 29.6 Å². The molecule has 4 heterocycles. The highest BCUT2D eigenvalue weighted by Crippen LogP contribution is 2.50. The first-order valence-electron chi connectivity index (χ1n) is 13.2. The summed E-state index contributed by atoms with van der Waals surface area (Å²) in [6, 6.07) is 3.08. The van der Waals surface area contributed by atoms with E-state index >= 15 is 4.39 Å². The van der Waals surface area contributed by atoms with Crippen molar-refractivity contribution in [3.8, 4) is 5.75 Å². The molecule has 2 aromatic rings. The van der Waals surface area contributed by atoms with Gasteiger partial charge in [0.1, 0.15) is 30.3 Å². The lowest BCUT2D eigenvalue weighted by atomic mass is 9.73. The summed E-state index contributed by atoms with van der Waals surface area (Å²) in [5, 5.41) is 0. The number of nitrogens with zero attached hydrogens (tertiary/aromatic N) is 5. The highest BCUT2D eigenvalue weighted by molar-refractivity contribution is 6.08. The summed E-state index contributed by atoms with van der Waals surface area (Å²) in [4.78, 5) is 52.9. The molecule has 1 fully saturated rings. The SMILES string of the molecule is CN(C)CCOc1cc(F)c2c(c1)N(CCC=O)C(=O)C21CCN(c2nc3c(c(=O)[nH]2)CCCN3C)CC1. The largest absolute Gasteiger partial charge is 0.492 e. The number of carbonyl (C=O) groups is 2. The van der Waals surface area contributed by atoms with Gasteiger partial charge in [-0.25, -0.2) is 4.39 Å². The molecule has 1 aromatic heterocycles. The van der Waals surface area contributed by atoms with Crippen molar-refractivity contribution in [1.82, 2.24) is 14.9 Å². The summed E-state index contributed by atoms with van der Waals surface area (Å²) in [6.45, 7) is 2.94. The summed E-state index contributed by atoms with van der Waals surface area (Å²) < 4.78 is 21.5. The fourth-order valence-corrected chi connectivity index (χ4v) is 5.89. The van der Waals surface area contributed by atoms with E-state index in [1.165, 1.54) is 11.0 Å². The van der Waals surface area contributed by atoms with Gasteiger partial charge >= 0.3 is 0 Å². The normalized spacial score (nSPS) is 18.2. The number of halogens is 1. The molecule has 5 rings (SSSR count). The predicted molar refractivity (Wildman–Crippen MR) is 143 cm³/mol. The van der Waals surface area contributed by atoms with Gasteiger partial charge in [0.15, 0.2) is 0 Å². The number of aromatic nitrogens is 2. The van der Waals surface area contributed by atoms with Crippen molar-refractivity contribution in [1.29, 1.82) is 0 Å². The number of hydrogen-bond donors (Lipinski definition) is 1. The zero-order valence-electron chi connectivity index (χ0n) is 22.3. The molecule has 3 aliphatic rings. The molecule has 0 aliphatic carbocycles. The zero-order chi connectivity index (χ0) is 27.0. The summed E-state index contributed by atoms with van der Waals surface area (Å²) in [7, 11) is 5.79. The number of benzene rings is 1. The number of nitrogens with one attached hydrogen (secondary N) is 1. The van der Waals surface area contributed by atoms with Gasteiger partial charge in [0.25, 0.3) is 5.56 Å². The zero-order valence-corrected chi connectivity index (χ0v) is 22.3. The molecule has 1 aromatic carbocycles. The third-order valence-corrected chi connectivity index (χ3v) is 7.92. The highest BCUT2D eigenvalue weighted by atomic mass is 19.1. The van der Waals surface area contributed by atoms with Gasteiger partial charge in [-0.2, -0.15) is 4.98 Å². The number of aldehydes is 1. The lowest BCUT2D eigenvalue weighted by Crippen LogP contribution is -2.50. The number of rotatable bonds is 8. The van der Waals surface area contributed by atoms with Crippen molar-refractivity contribution in [3.63, 3.8) is 0 Å². The van der Waals surface area contributed by atoms with Gasteiger partial charge in [0.05, 0.1) is 16.7 Å². The van der Waals surface area contributed by atoms with E-state index in [2.05, 4.69) is 4.98 Å². The van der Waals surface area contributed by atoms with E-state index in [1.54, 1.807) is 6.07 Å². The van der Waals surface area contributed by atoms with Gasteiger partial charge in [0, 0.05) is 63.9 Å². The smallest absolute Gasteiger partial charge is 0.257 e. The maximum Gasteiger partial charge on any atom is 0.257 e. The standard InChI is InChI=1S/C27H35FN6O4/c1-31(2)13-15-38-18-16-20(28)22-21(17-18)34(10-5-14-35)25(37)27(22)7-11-33(12-8-27)26-29-23-19(24(36)30-26)6-4-9-32(23)3/h14,16-17H,4-13,15H2,1-3H3,(H,29,30,36). The molecule has 0 saturated carbocycles. The fraction of sp³-hybridized carbons (Fsp3) is 0.556. The monoisotopic (exact) mass is 526 g/mol. The second kappa shape index (κ2) is 10.4. The van der Waals surface area contributed by atoms with Crippen molar-refractivity contribution in [2.75, 3.05) is 75.2 Å². The molecule has 0 unspecified atom stereocenters. The molecule has 1 spiro atoms.